The summed E-state index contributed by atoms with van der Waals surface area (Å²) in [6.07, 6.45) is 2.41. The minimum Gasteiger partial charge on any atom is -0.338 e. The third-order valence-electron chi connectivity index (χ3n) is 4.26. The number of hydrogen-bond acceptors (Lipinski definition) is 1. The van der Waals surface area contributed by atoms with E-state index in [-0.39, 0.29) is 11.9 Å². The fraction of sp³-hybridized carbons (Fsp3) is 0.278. The van der Waals surface area contributed by atoms with Gasteiger partial charge < -0.3 is 4.90 Å². The number of carbonyl (C=O) groups excluding carboxylic acids is 1. The third kappa shape index (κ3) is 2.81. The zero-order chi connectivity index (χ0) is 14.8. The van der Waals surface area contributed by atoms with Gasteiger partial charge in [0.25, 0.3) is 0 Å². The zero-order valence-corrected chi connectivity index (χ0v) is 12.8. The van der Waals surface area contributed by atoms with E-state index in [1.54, 1.807) is 0 Å². The van der Waals surface area contributed by atoms with E-state index >= 15 is 0 Å². The maximum absolute atomic E-state index is 12.5. The minimum atomic E-state index is 0.116. The van der Waals surface area contributed by atoms with Gasteiger partial charge in [0.2, 0.25) is 5.91 Å². The van der Waals surface area contributed by atoms with Crippen molar-refractivity contribution in [3.05, 3.63) is 70.2 Å². The van der Waals surface area contributed by atoms with Crippen molar-refractivity contribution in [3.8, 4) is 0 Å². The van der Waals surface area contributed by atoms with Gasteiger partial charge >= 0.3 is 0 Å². The number of nitrogens with zero attached hydrogens (tertiary/aromatic N) is 1. The van der Waals surface area contributed by atoms with Gasteiger partial charge in [0.1, 0.15) is 0 Å². The molecule has 2 nitrogen and oxygen atoms in total. The van der Waals surface area contributed by atoms with Crippen LogP contribution in [-0.2, 0) is 17.6 Å². The second kappa shape index (κ2) is 5.90. The van der Waals surface area contributed by atoms with Gasteiger partial charge in [0.15, 0.2) is 0 Å². The standard InChI is InChI=1S/C18H18ClNO/c1-20(17-11-10-13-6-2-4-8-15(13)17)18(21)12-14-7-3-5-9-16(14)19/h2-9,17H,10-12H2,1H3. The van der Waals surface area contributed by atoms with Crippen molar-refractivity contribution < 1.29 is 4.79 Å². The van der Waals surface area contributed by atoms with Crippen molar-refractivity contribution in [2.45, 2.75) is 25.3 Å². The highest BCUT2D eigenvalue weighted by Crippen LogP contribution is 2.35. The molecular weight excluding hydrogens is 282 g/mol. The molecule has 3 heteroatoms. The molecule has 0 heterocycles. The highest BCUT2D eigenvalue weighted by Gasteiger charge is 2.28. The number of fused-ring (bicyclic) bond motifs is 1. The van der Waals surface area contributed by atoms with E-state index in [0.29, 0.717) is 11.4 Å². The monoisotopic (exact) mass is 299 g/mol. The highest BCUT2D eigenvalue weighted by molar-refractivity contribution is 6.31. The second-order valence-corrected chi connectivity index (χ2v) is 5.93. The lowest BCUT2D eigenvalue weighted by atomic mass is 10.1. The molecule has 1 unspecified atom stereocenters. The number of benzene rings is 2. The number of aryl methyl sites for hydroxylation is 1. The predicted octanol–water partition coefficient (Wildman–Crippen LogP) is 4.03. The fourth-order valence-electron chi connectivity index (χ4n) is 3.04. The highest BCUT2D eigenvalue weighted by atomic mass is 35.5. The van der Waals surface area contributed by atoms with Crippen molar-refractivity contribution in [2.24, 2.45) is 0 Å². The Bertz CT molecular complexity index is 668. The summed E-state index contributed by atoms with van der Waals surface area (Å²) in [6.45, 7) is 0. The number of carbonyl (C=O) groups is 1. The van der Waals surface area contributed by atoms with E-state index in [9.17, 15) is 4.79 Å². The van der Waals surface area contributed by atoms with Crippen LogP contribution in [0.25, 0.3) is 0 Å². The van der Waals surface area contributed by atoms with Crippen LogP contribution in [-0.4, -0.2) is 17.9 Å². The second-order valence-electron chi connectivity index (χ2n) is 5.53. The average molecular weight is 300 g/mol. The summed E-state index contributed by atoms with van der Waals surface area (Å²) in [4.78, 5) is 14.4. The largest absolute Gasteiger partial charge is 0.338 e. The van der Waals surface area contributed by atoms with Crippen LogP contribution in [0.2, 0.25) is 5.02 Å². The summed E-state index contributed by atoms with van der Waals surface area (Å²) in [5.74, 6) is 0.116. The lowest BCUT2D eigenvalue weighted by Gasteiger charge is -2.25. The molecule has 2 aromatic rings. The molecule has 0 fully saturated rings. The Morgan fingerprint density at radius 1 is 1.19 bits per heavy atom. The molecule has 0 radical (unpaired) electrons. The van der Waals surface area contributed by atoms with Crippen LogP contribution >= 0.6 is 11.6 Å². The Balaban J connectivity index is 1.76. The molecular formula is C18H18ClNO. The van der Waals surface area contributed by atoms with Crippen molar-refractivity contribution >= 4 is 17.5 Å². The summed E-state index contributed by atoms with van der Waals surface area (Å²) in [7, 11) is 1.89. The summed E-state index contributed by atoms with van der Waals surface area (Å²) in [5, 5.41) is 0.658. The molecule has 108 valence electrons. The molecule has 2 aromatic carbocycles. The van der Waals surface area contributed by atoms with Gasteiger partial charge in [-0.1, -0.05) is 54.1 Å². The van der Waals surface area contributed by atoms with Crippen LogP contribution in [0, 0.1) is 0 Å². The molecule has 0 aliphatic heterocycles. The third-order valence-corrected chi connectivity index (χ3v) is 4.63. The van der Waals surface area contributed by atoms with Gasteiger partial charge in [-0.25, -0.2) is 0 Å². The Labute approximate surface area is 130 Å². The lowest BCUT2D eigenvalue weighted by molar-refractivity contribution is -0.131. The number of rotatable bonds is 3. The molecule has 0 saturated heterocycles. The smallest absolute Gasteiger partial charge is 0.227 e. The van der Waals surface area contributed by atoms with E-state index in [2.05, 4.69) is 18.2 Å². The maximum Gasteiger partial charge on any atom is 0.227 e. The first kappa shape index (κ1) is 14.2. The van der Waals surface area contributed by atoms with Gasteiger partial charge in [-0.15, -0.1) is 0 Å². The van der Waals surface area contributed by atoms with Crippen LogP contribution in [0.5, 0.6) is 0 Å². The quantitative estimate of drug-likeness (QED) is 0.838. The maximum atomic E-state index is 12.5. The Hall–Kier alpha value is -1.80. The van der Waals surface area contributed by atoms with E-state index < -0.39 is 0 Å². The van der Waals surface area contributed by atoms with Crippen LogP contribution in [0.4, 0.5) is 0 Å². The van der Waals surface area contributed by atoms with E-state index in [4.69, 9.17) is 11.6 Å². The van der Waals surface area contributed by atoms with Crippen LogP contribution in [0.3, 0.4) is 0 Å². The Kier molecular flexibility index (Phi) is 3.98. The Morgan fingerprint density at radius 3 is 2.71 bits per heavy atom. The molecule has 21 heavy (non-hydrogen) atoms. The Morgan fingerprint density at radius 2 is 1.90 bits per heavy atom. The van der Waals surface area contributed by atoms with Gasteiger partial charge in [-0.2, -0.15) is 0 Å². The van der Waals surface area contributed by atoms with Crippen LogP contribution in [0.1, 0.15) is 29.2 Å². The van der Waals surface area contributed by atoms with Crippen molar-refractivity contribution in [1.29, 1.82) is 0 Å². The zero-order valence-electron chi connectivity index (χ0n) is 12.1. The van der Waals surface area contributed by atoms with Crippen molar-refractivity contribution in [3.63, 3.8) is 0 Å². The lowest BCUT2D eigenvalue weighted by Crippen LogP contribution is -2.31. The number of amides is 1. The molecule has 0 spiro atoms. The van der Waals surface area contributed by atoms with Gasteiger partial charge in [0.05, 0.1) is 12.5 Å². The summed E-state index contributed by atoms with van der Waals surface area (Å²) >= 11 is 6.14. The molecule has 1 amide bonds. The van der Waals surface area contributed by atoms with E-state index in [0.717, 1.165) is 18.4 Å². The molecule has 0 saturated carbocycles. The number of likely N-dealkylation sites (N-methyl/N-ethyl adjacent to an activating group) is 1. The SMILES string of the molecule is CN(C(=O)Cc1ccccc1Cl)C1CCc2ccccc21. The molecule has 0 bridgehead atoms. The molecule has 0 N–H and O–H groups in total. The summed E-state index contributed by atoms with van der Waals surface area (Å²) in [5.41, 5.74) is 3.54. The van der Waals surface area contributed by atoms with Gasteiger partial charge in [0, 0.05) is 12.1 Å². The average Bonchev–Trinajstić information content (AvgIpc) is 2.92. The van der Waals surface area contributed by atoms with Gasteiger partial charge in [-0.05, 0) is 35.6 Å². The molecule has 0 aromatic heterocycles. The van der Waals surface area contributed by atoms with Crippen molar-refractivity contribution in [2.75, 3.05) is 7.05 Å². The van der Waals surface area contributed by atoms with E-state index in [1.807, 2.05) is 42.3 Å². The molecule has 1 aliphatic rings. The fourth-order valence-corrected chi connectivity index (χ4v) is 3.24. The van der Waals surface area contributed by atoms with Crippen LogP contribution < -0.4 is 0 Å². The molecule has 3 rings (SSSR count). The number of hydrogen-bond donors (Lipinski definition) is 0. The summed E-state index contributed by atoms with van der Waals surface area (Å²) < 4.78 is 0. The molecule has 1 atom stereocenters. The number of halogens is 1. The van der Waals surface area contributed by atoms with E-state index in [1.165, 1.54) is 11.1 Å². The van der Waals surface area contributed by atoms with Gasteiger partial charge in [-0.3, -0.25) is 4.79 Å². The first-order valence-corrected chi connectivity index (χ1v) is 7.61. The predicted molar refractivity (Wildman–Crippen MR) is 85.4 cm³/mol. The first-order chi connectivity index (χ1) is 10.2. The summed E-state index contributed by atoms with van der Waals surface area (Å²) in [6, 6.07) is 16.1. The first-order valence-electron chi connectivity index (χ1n) is 7.23. The molecule has 1 aliphatic carbocycles. The van der Waals surface area contributed by atoms with Crippen molar-refractivity contribution in [1.82, 2.24) is 4.90 Å². The minimum absolute atomic E-state index is 0.116. The normalized spacial score (nSPS) is 16.6. The topological polar surface area (TPSA) is 20.3 Å². The van der Waals surface area contributed by atoms with Crippen LogP contribution in [0.15, 0.2) is 48.5 Å².